The summed E-state index contributed by atoms with van der Waals surface area (Å²) in [7, 11) is 0. The molecule has 0 saturated carbocycles. The van der Waals surface area contributed by atoms with Crippen LogP contribution in [0, 0.1) is 5.41 Å². The fourth-order valence-electron chi connectivity index (χ4n) is 2.01. The van der Waals surface area contributed by atoms with Crippen molar-refractivity contribution in [3.63, 3.8) is 0 Å². The summed E-state index contributed by atoms with van der Waals surface area (Å²) in [6.45, 7) is -0.849. The van der Waals surface area contributed by atoms with Gasteiger partial charge >= 0.3 is 0 Å². The highest BCUT2D eigenvalue weighted by Crippen LogP contribution is 2.18. The van der Waals surface area contributed by atoms with Crippen LogP contribution in [0.15, 0.2) is 54.9 Å². The molecule has 0 aliphatic carbocycles. The first-order chi connectivity index (χ1) is 10.8. The molecule has 0 aliphatic heterocycles. The van der Waals surface area contributed by atoms with Gasteiger partial charge < -0.3 is 10.1 Å². The Morgan fingerprint density at radius 1 is 1.09 bits per heavy atom. The smallest absolute Gasteiger partial charge is 0.228 e. The van der Waals surface area contributed by atoms with E-state index in [1.165, 1.54) is 6.21 Å². The molecule has 6 heteroatoms. The molecule has 0 atom stereocenters. The number of nitrogens with zero attached hydrogens (tertiary/aromatic N) is 3. The zero-order valence-electron chi connectivity index (χ0n) is 11.6. The Kier molecular flexibility index (Phi) is 3.91. The van der Waals surface area contributed by atoms with Gasteiger partial charge in [0.2, 0.25) is 6.86 Å². The quantitative estimate of drug-likeness (QED) is 0.735. The first-order valence-electron chi connectivity index (χ1n) is 6.62. The predicted molar refractivity (Wildman–Crippen MR) is 81.3 cm³/mol. The lowest BCUT2D eigenvalue weighted by atomic mass is 10.1. The lowest BCUT2D eigenvalue weighted by molar-refractivity contribution is 0.192. The van der Waals surface area contributed by atoms with Gasteiger partial charge in [-0.05, 0) is 29.8 Å². The number of rotatable bonds is 5. The lowest BCUT2D eigenvalue weighted by Crippen LogP contribution is -1.96. The molecule has 0 saturated heterocycles. The number of halogens is 1. The van der Waals surface area contributed by atoms with Crippen LogP contribution in [0.4, 0.5) is 4.39 Å². The Hall–Kier alpha value is -3.02. The third-order valence-electron chi connectivity index (χ3n) is 3.15. The zero-order valence-corrected chi connectivity index (χ0v) is 11.6. The number of nitrogens with one attached hydrogen (secondary N) is 1. The summed E-state index contributed by atoms with van der Waals surface area (Å²) >= 11 is 0. The number of hydrogen-bond acceptors (Lipinski definition) is 4. The van der Waals surface area contributed by atoms with Crippen LogP contribution in [0.3, 0.4) is 0 Å². The molecule has 2 aromatic carbocycles. The lowest BCUT2D eigenvalue weighted by Gasteiger charge is -2.03. The van der Waals surface area contributed by atoms with Crippen LogP contribution in [0.2, 0.25) is 0 Å². The molecule has 3 aromatic rings. The summed E-state index contributed by atoms with van der Waals surface area (Å²) < 4.78 is 18.5. The molecule has 0 radical (unpaired) electrons. The molecule has 1 aromatic heterocycles. The molecule has 3 rings (SSSR count). The van der Waals surface area contributed by atoms with E-state index in [0.29, 0.717) is 11.6 Å². The highest BCUT2D eigenvalue weighted by atomic mass is 19.1. The van der Waals surface area contributed by atoms with Crippen molar-refractivity contribution in [3.05, 3.63) is 60.4 Å². The minimum absolute atomic E-state index is 0.467. The highest BCUT2D eigenvalue weighted by Gasteiger charge is 2.06. The maximum Gasteiger partial charge on any atom is 0.228 e. The van der Waals surface area contributed by atoms with Gasteiger partial charge in [0, 0.05) is 11.8 Å². The van der Waals surface area contributed by atoms with Crippen LogP contribution in [0.5, 0.6) is 5.75 Å². The summed E-state index contributed by atoms with van der Waals surface area (Å²) in [5.41, 5.74) is 2.51. The summed E-state index contributed by atoms with van der Waals surface area (Å²) in [6, 6.07) is 14.3. The molecule has 1 heterocycles. The first kappa shape index (κ1) is 13.9. The van der Waals surface area contributed by atoms with Gasteiger partial charge in [-0.2, -0.15) is 0 Å². The molecule has 0 unspecified atom stereocenters. The molecule has 0 amide bonds. The van der Waals surface area contributed by atoms with Crippen LogP contribution in [0.1, 0.15) is 5.56 Å². The zero-order chi connectivity index (χ0) is 15.4. The van der Waals surface area contributed by atoms with E-state index in [9.17, 15) is 4.39 Å². The molecule has 0 spiro atoms. The Morgan fingerprint density at radius 3 is 2.45 bits per heavy atom. The Balaban J connectivity index is 1.84. The highest BCUT2D eigenvalue weighted by molar-refractivity contribution is 5.78. The molecular formula is C16H13FN4O. The van der Waals surface area contributed by atoms with E-state index in [1.54, 1.807) is 35.3 Å². The Bertz CT molecular complexity index is 766. The average molecular weight is 296 g/mol. The average Bonchev–Trinajstić information content (AvgIpc) is 3.06. The molecule has 22 heavy (non-hydrogen) atoms. The van der Waals surface area contributed by atoms with Crippen LogP contribution in [-0.2, 0) is 0 Å². The topological polar surface area (TPSA) is 63.8 Å². The van der Waals surface area contributed by atoms with E-state index in [2.05, 4.69) is 10.1 Å². The van der Waals surface area contributed by atoms with Crippen LogP contribution in [0.25, 0.3) is 17.1 Å². The van der Waals surface area contributed by atoms with Crippen molar-refractivity contribution in [2.75, 3.05) is 6.86 Å². The second-order valence-electron chi connectivity index (χ2n) is 4.53. The van der Waals surface area contributed by atoms with Gasteiger partial charge in [-0.3, -0.25) is 0 Å². The minimum Gasteiger partial charge on any atom is -0.463 e. The summed E-state index contributed by atoms with van der Waals surface area (Å²) in [5, 5.41) is 11.6. The largest absolute Gasteiger partial charge is 0.463 e. The fraction of sp³-hybridized carbons (Fsp3) is 0.0625. The molecule has 110 valence electrons. The van der Waals surface area contributed by atoms with E-state index in [4.69, 9.17) is 10.1 Å². The van der Waals surface area contributed by atoms with E-state index in [0.717, 1.165) is 16.8 Å². The second-order valence-corrected chi connectivity index (χ2v) is 4.53. The number of ether oxygens (including phenoxy) is 1. The monoisotopic (exact) mass is 296 g/mol. The van der Waals surface area contributed by atoms with Crippen molar-refractivity contribution in [1.29, 1.82) is 5.41 Å². The van der Waals surface area contributed by atoms with E-state index < -0.39 is 6.86 Å². The SMILES string of the molecule is N=Cc1ccc(-c2ncn(-c3ccc(OCF)cc3)n2)cc1. The van der Waals surface area contributed by atoms with Crippen molar-refractivity contribution in [3.8, 4) is 22.8 Å². The van der Waals surface area contributed by atoms with Gasteiger partial charge in [-0.15, -0.1) is 5.10 Å². The summed E-state index contributed by atoms with van der Waals surface area (Å²) in [4.78, 5) is 4.28. The maximum absolute atomic E-state index is 12.1. The molecule has 0 aliphatic rings. The minimum atomic E-state index is -0.849. The Morgan fingerprint density at radius 2 is 1.82 bits per heavy atom. The van der Waals surface area contributed by atoms with Crippen molar-refractivity contribution in [2.45, 2.75) is 0 Å². The van der Waals surface area contributed by atoms with Gasteiger partial charge in [-0.25, -0.2) is 14.1 Å². The summed E-state index contributed by atoms with van der Waals surface area (Å²) in [6.07, 6.45) is 2.90. The van der Waals surface area contributed by atoms with Crippen molar-refractivity contribution in [2.24, 2.45) is 0 Å². The van der Waals surface area contributed by atoms with Gasteiger partial charge in [0.25, 0.3) is 0 Å². The third kappa shape index (κ3) is 2.85. The molecule has 0 fully saturated rings. The van der Waals surface area contributed by atoms with Gasteiger partial charge in [0.15, 0.2) is 5.82 Å². The third-order valence-corrected chi connectivity index (χ3v) is 3.15. The van der Waals surface area contributed by atoms with Crippen molar-refractivity contribution in [1.82, 2.24) is 14.8 Å². The van der Waals surface area contributed by atoms with E-state index in [-0.39, 0.29) is 0 Å². The first-order valence-corrected chi connectivity index (χ1v) is 6.62. The molecular weight excluding hydrogens is 283 g/mol. The molecule has 1 N–H and O–H groups in total. The maximum atomic E-state index is 12.1. The van der Waals surface area contributed by atoms with Crippen LogP contribution >= 0.6 is 0 Å². The van der Waals surface area contributed by atoms with Gasteiger partial charge in [0.05, 0.1) is 5.69 Å². The van der Waals surface area contributed by atoms with Crippen LogP contribution < -0.4 is 4.74 Å². The van der Waals surface area contributed by atoms with Gasteiger partial charge in [0.1, 0.15) is 12.1 Å². The van der Waals surface area contributed by atoms with E-state index in [1.807, 2.05) is 24.3 Å². The normalized spacial score (nSPS) is 10.4. The second kappa shape index (κ2) is 6.17. The fourth-order valence-corrected chi connectivity index (χ4v) is 2.01. The number of aromatic nitrogens is 3. The van der Waals surface area contributed by atoms with E-state index >= 15 is 0 Å². The molecule has 5 nitrogen and oxygen atoms in total. The predicted octanol–water partition coefficient (Wildman–Crippen LogP) is 3.24. The van der Waals surface area contributed by atoms with Crippen molar-refractivity contribution < 1.29 is 9.13 Å². The molecule has 0 bridgehead atoms. The van der Waals surface area contributed by atoms with Crippen LogP contribution in [-0.4, -0.2) is 27.8 Å². The number of benzene rings is 2. The number of hydrogen-bond donors (Lipinski definition) is 1. The summed E-state index contributed by atoms with van der Waals surface area (Å²) in [5.74, 6) is 1.06. The standard InChI is InChI=1S/C16H13FN4O/c17-10-22-15-7-5-14(6-8-15)21-11-19-16(20-21)13-3-1-12(9-18)2-4-13/h1-9,11,18H,10H2. The van der Waals surface area contributed by atoms with Gasteiger partial charge in [-0.1, -0.05) is 24.3 Å². The number of alkyl halides is 1. The van der Waals surface area contributed by atoms with Crippen molar-refractivity contribution >= 4 is 6.21 Å². The Labute approximate surface area is 126 Å².